The number of nitrogens with zero attached hydrogens (tertiary/aromatic N) is 4. The molecule has 31 heteroatoms. The number of fused-ring (bicyclic) bond motifs is 1. The van der Waals surface area contributed by atoms with Gasteiger partial charge in [0.1, 0.15) is 48.5 Å². The zero-order chi connectivity index (χ0) is 61.0. The number of aldehydes is 1. The van der Waals surface area contributed by atoms with Crippen LogP contribution in [0.3, 0.4) is 0 Å². The maximum absolute atomic E-state index is 14.5. The predicted octanol–water partition coefficient (Wildman–Crippen LogP) is -2.67. The monoisotopic (exact) mass is 1450 g/mol. The number of rotatable bonds is 30. The van der Waals surface area contributed by atoms with E-state index < -0.39 is 145 Å². The number of guanidine groups is 1. The number of benzene rings is 1. The number of hydrogen-bond acceptors (Lipinski definition) is 15. The number of likely N-dealkylation sites (tertiary alicyclic amines) is 2. The van der Waals surface area contributed by atoms with Crippen LogP contribution in [0.25, 0.3) is 11.5 Å². The van der Waals surface area contributed by atoms with Crippen molar-refractivity contribution in [1.82, 2.24) is 51.9 Å². The predicted molar refractivity (Wildman–Crippen MR) is 302 cm³/mol. The van der Waals surface area contributed by atoms with Crippen LogP contribution >= 0.6 is 0 Å². The van der Waals surface area contributed by atoms with Crippen LogP contribution in [0.2, 0.25) is 0 Å². The number of amides is 9. The number of carboxylic acid groups (broad SMARTS) is 1. The molecule has 3 aliphatic heterocycles. The number of nitrogens with two attached hydrogens (primary N) is 2. The summed E-state index contributed by atoms with van der Waals surface area (Å²) in [5, 5.41) is 49.8. The maximum Gasteiger partial charge on any atom is 0.326 e. The fourth-order valence-corrected chi connectivity index (χ4v) is 12.1. The van der Waals surface area contributed by atoms with Crippen LogP contribution in [0.5, 0.6) is 0 Å². The molecule has 10 atom stereocenters. The number of nitrogens with one attached hydrogen (secondary N) is 9. The van der Waals surface area contributed by atoms with Crippen LogP contribution < -0.4 is 48.7 Å². The number of β-amino-alcohol motifs (C(OH)–C–C–N with tert-alkyl or cyclic N) is 1. The van der Waals surface area contributed by atoms with Gasteiger partial charge in [-0.15, -0.1) is 0 Å². The normalized spacial score (nSPS) is 21.3. The molecule has 4 fully saturated rings. The van der Waals surface area contributed by atoms with E-state index in [1.54, 1.807) is 24.3 Å². The molecule has 1 aromatic rings. The van der Waals surface area contributed by atoms with Crippen LogP contribution in [-0.2, 0) is 119 Å². The number of carbonyl (C=O) groups excluding carboxylic acids is 10. The van der Waals surface area contributed by atoms with Crippen LogP contribution in [0, 0.1) is 11.8 Å². The van der Waals surface area contributed by atoms with Crippen LogP contribution in [0.4, 0.5) is 0 Å². The largest absolute Gasteiger partial charge is 0.677 e. The number of hydrogen-bond donors (Lipinski definition) is 12. The molecule has 1 radical (unpaired) electrons. The van der Waals surface area contributed by atoms with Gasteiger partial charge in [-0.05, 0) is 80.8 Å². The fourth-order valence-electron chi connectivity index (χ4n) is 12.1. The molecule has 29 nitrogen and oxygen atoms in total. The number of aliphatic hydroxyl groups excluding tert-OH is 2. The van der Waals surface area contributed by atoms with Crippen molar-refractivity contribution >= 4 is 71.4 Å². The Kier molecular flexibility index (Phi) is 30.6. The Labute approximate surface area is 539 Å². The van der Waals surface area contributed by atoms with Gasteiger partial charge in [-0.2, -0.15) is 6.54 Å². The Balaban J connectivity index is 0.00000792. The number of aliphatic carboxylic acids is 1. The van der Waals surface area contributed by atoms with Gasteiger partial charge in [0.05, 0.1) is 25.3 Å². The third kappa shape index (κ3) is 20.2. The van der Waals surface area contributed by atoms with E-state index in [0.717, 1.165) is 36.1 Å². The second-order valence-electron chi connectivity index (χ2n) is 22.3. The molecular weight excluding hydrogens is 1370 g/mol. The van der Waals surface area contributed by atoms with E-state index in [2.05, 4.69) is 42.2 Å². The van der Waals surface area contributed by atoms with Crippen molar-refractivity contribution in [2.24, 2.45) is 28.3 Å². The van der Waals surface area contributed by atoms with Crippen molar-refractivity contribution in [3.63, 3.8) is 0 Å². The molecule has 2 saturated heterocycles. The smallest absolute Gasteiger partial charge is 0.326 e. The molecule has 0 bridgehead atoms. The quantitative estimate of drug-likeness (QED) is 0.0123. The van der Waals surface area contributed by atoms with Gasteiger partial charge in [0.15, 0.2) is 18.2 Å². The molecule has 16 N–H and O–H groups in total. The van der Waals surface area contributed by atoms with E-state index in [9.17, 15) is 68.1 Å². The Bertz CT molecular complexity index is 2560. The molecule has 6 rings (SSSR count). The van der Waals surface area contributed by atoms with Crippen LogP contribution in [0.1, 0.15) is 114 Å². The number of carbonyl (C=O) groups is 11. The first-order chi connectivity index (χ1) is 40.3. The summed E-state index contributed by atoms with van der Waals surface area (Å²) in [4.78, 5) is 157. The zero-order valence-corrected chi connectivity index (χ0v) is 54.0. The van der Waals surface area contributed by atoms with E-state index >= 15 is 0 Å². The van der Waals surface area contributed by atoms with Crippen molar-refractivity contribution in [2.45, 2.75) is 176 Å². The minimum atomic E-state index is -1.59. The molecular formula is C55H83N15O14WY-2. The molecule has 86 heavy (non-hydrogen) atoms. The van der Waals surface area contributed by atoms with E-state index in [1.165, 1.54) is 9.80 Å². The summed E-state index contributed by atoms with van der Waals surface area (Å²) in [6.07, 6.45) is 4.49. The molecule has 1 aromatic carbocycles. The molecule has 3 heterocycles. The SMILES string of the molecule is [NH-]CCCC[C@H](NC(=O)C[NH-])C(=O)NC(C=O)N[C@@H](CCCN=C(N)N)C(=O)N1CCC[C@H]1C(=O)N1C[C@H](O)C[C@H]1C(=O)NCC(=O)N[C@H](C(=O)N[C@@H](CO)C(=O)N1Cc2ccccc2C[C@@H]1C(=O)N[C@H](C(=O)O)C1CCCC1)C1CCCC1.[W].[Y]. The van der Waals surface area contributed by atoms with E-state index in [-0.39, 0.29) is 137 Å². The minimum Gasteiger partial charge on any atom is -0.677 e. The van der Waals surface area contributed by atoms with Crippen molar-refractivity contribution in [3.8, 4) is 0 Å². The zero-order valence-electron chi connectivity index (χ0n) is 48.3. The molecule has 473 valence electrons. The second-order valence-corrected chi connectivity index (χ2v) is 22.3. The molecule has 2 saturated carbocycles. The summed E-state index contributed by atoms with van der Waals surface area (Å²) >= 11 is 0. The van der Waals surface area contributed by atoms with E-state index in [1.807, 2.05) is 0 Å². The van der Waals surface area contributed by atoms with E-state index in [0.29, 0.717) is 56.8 Å². The van der Waals surface area contributed by atoms with Gasteiger partial charge in [-0.3, -0.25) is 58.3 Å². The fraction of sp³-hybridized carbons (Fsp3) is 0.673. The van der Waals surface area contributed by atoms with Gasteiger partial charge in [-0.1, -0.05) is 69.3 Å². The Morgan fingerprint density at radius 1 is 0.698 bits per heavy atom. The van der Waals surface area contributed by atoms with Gasteiger partial charge in [0.25, 0.3) is 0 Å². The third-order valence-corrected chi connectivity index (χ3v) is 16.4. The first-order valence-corrected chi connectivity index (χ1v) is 29.1. The number of unbranched alkanes of at least 4 members (excludes halogenated alkanes) is 1. The molecule has 5 aliphatic rings. The average Bonchev–Trinajstić information content (AvgIpc) is 2.67. The topological polar surface area (TPSA) is 454 Å². The Morgan fingerprint density at radius 2 is 1.34 bits per heavy atom. The third-order valence-electron chi connectivity index (χ3n) is 16.4. The molecule has 0 spiro atoms. The maximum atomic E-state index is 14.5. The molecule has 2 aliphatic carbocycles. The summed E-state index contributed by atoms with van der Waals surface area (Å²) in [5.74, 6) is -8.89. The summed E-state index contributed by atoms with van der Waals surface area (Å²) in [6, 6.07) is -2.88. The van der Waals surface area contributed by atoms with Gasteiger partial charge in [-0.25, -0.2) is 4.79 Å². The molecule has 1 unspecified atom stereocenters. The van der Waals surface area contributed by atoms with Crippen LogP contribution in [-0.4, -0.2) is 208 Å². The summed E-state index contributed by atoms with van der Waals surface area (Å²) in [7, 11) is 0. The average molecular weight is 1450 g/mol. The van der Waals surface area contributed by atoms with Gasteiger partial charge >= 0.3 is 5.97 Å². The summed E-state index contributed by atoms with van der Waals surface area (Å²) in [5.41, 5.74) is 27.3. The van der Waals surface area contributed by atoms with Gasteiger partial charge in [0, 0.05) is 92.8 Å². The second kappa shape index (κ2) is 36.1. The van der Waals surface area contributed by atoms with Crippen molar-refractivity contribution in [2.75, 3.05) is 45.9 Å². The summed E-state index contributed by atoms with van der Waals surface area (Å²) < 4.78 is 0. The number of aliphatic hydroxyl groups is 2. The Morgan fingerprint density at radius 3 is 1.95 bits per heavy atom. The number of carboxylic acids is 1. The van der Waals surface area contributed by atoms with Crippen molar-refractivity contribution in [3.05, 3.63) is 46.9 Å². The molecule has 9 amide bonds. The van der Waals surface area contributed by atoms with Gasteiger partial charge in [0.2, 0.25) is 47.3 Å². The minimum absolute atomic E-state index is 0. The first-order valence-electron chi connectivity index (χ1n) is 29.1. The van der Waals surface area contributed by atoms with E-state index in [4.69, 9.17) is 22.9 Å². The first kappa shape index (κ1) is 72.9. The summed E-state index contributed by atoms with van der Waals surface area (Å²) in [6.45, 7) is -2.39. The Hall–Kier alpha value is -5.55. The molecule has 0 aromatic heterocycles. The van der Waals surface area contributed by atoms with Crippen molar-refractivity contribution < 1.29 is 122 Å². The van der Waals surface area contributed by atoms with Crippen molar-refractivity contribution in [1.29, 1.82) is 0 Å². The standard InChI is InChI=1S/C55H83N15O14.W.Y/c56-20-8-7-17-36(63-43(74)25-57)47(76)65-42(30-72)62-37(18-9-21-60-55(58)59)51(80)68-22-10-19-39(68)53(82)70-28-35(73)24-41(70)48(77)61-26-44(75)66-45(31-11-1-2-12-31)50(79)64-38(29-71)52(81)69-27-34-16-6-5-15-33(34)23-40(69)49(78)67-46(54(83)84)32-13-3-4-14-32;;/h5-6,15-16,30-32,35-42,45-46,56-57,62,71,73H,1-4,7-14,17-29H2,(H,61,77)(H,63,74)(H,64,79)(H,65,76)(H,66,75)(H,67,78)(H,83,84)(H4,58,59,60);;/q-2;;/t35-,36+,37+,38+,39+,40-,41+,42?,45+,46+;;/m1../s1. The van der Waals surface area contributed by atoms with Gasteiger partial charge < -0.3 is 84.9 Å². The number of aliphatic imine (C=N–C) groups is 1. The van der Waals surface area contributed by atoms with Crippen LogP contribution in [0.15, 0.2) is 29.3 Å².